The average Bonchev–Trinajstić information content (AvgIpc) is 2.29. The molecule has 18 heavy (non-hydrogen) atoms. The minimum atomic E-state index is -4.52. The number of benzene rings is 1. The Kier molecular flexibility index (Phi) is 5.55. The van der Waals surface area contributed by atoms with Crippen LogP contribution in [0.15, 0.2) is 18.2 Å². The van der Waals surface area contributed by atoms with Crippen molar-refractivity contribution in [3.63, 3.8) is 0 Å². The second-order valence-electron chi connectivity index (χ2n) is 3.79. The third kappa shape index (κ3) is 4.62. The molecule has 0 saturated heterocycles. The van der Waals surface area contributed by atoms with Crippen molar-refractivity contribution in [2.75, 3.05) is 26.8 Å². The van der Waals surface area contributed by atoms with Crippen LogP contribution in [0.3, 0.4) is 0 Å². The van der Waals surface area contributed by atoms with E-state index >= 15 is 0 Å². The Balaban J connectivity index is 2.65. The van der Waals surface area contributed by atoms with Crippen molar-refractivity contribution in [2.45, 2.75) is 12.6 Å². The van der Waals surface area contributed by atoms with Gasteiger partial charge in [-0.2, -0.15) is 13.2 Å². The highest BCUT2D eigenvalue weighted by molar-refractivity contribution is 5.30. The lowest BCUT2D eigenvalue weighted by Crippen LogP contribution is -2.22. The Bertz CT molecular complexity index is 379. The third-order valence-corrected chi connectivity index (χ3v) is 2.43. The molecule has 0 aromatic heterocycles. The lowest BCUT2D eigenvalue weighted by molar-refractivity contribution is -0.138. The normalized spacial score (nSPS) is 11.8. The molecule has 0 radical (unpaired) electrons. The Labute approximate surface area is 103 Å². The van der Waals surface area contributed by atoms with Crippen molar-refractivity contribution < 1.29 is 22.3 Å². The molecule has 0 bridgehead atoms. The maximum Gasteiger partial charge on any atom is 0.416 e. The molecular formula is C12H15F4NO. The zero-order valence-corrected chi connectivity index (χ0v) is 9.98. The zero-order chi connectivity index (χ0) is 13.6. The summed E-state index contributed by atoms with van der Waals surface area (Å²) in [4.78, 5) is 0. The van der Waals surface area contributed by atoms with Crippen LogP contribution in [0.5, 0.6) is 0 Å². The van der Waals surface area contributed by atoms with Gasteiger partial charge in [-0.25, -0.2) is 4.39 Å². The topological polar surface area (TPSA) is 21.3 Å². The fraction of sp³-hybridized carbons (Fsp3) is 0.500. The molecule has 1 N–H and O–H groups in total. The van der Waals surface area contributed by atoms with E-state index in [0.717, 1.165) is 6.07 Å². The number of methoxy groups -OCH3 is 1. The zero-order valence-electron chi connectivity index (χ0n) is 9.98. The SMILES string of the molecule is COCCNCCc1ccc(F)cc1C(F)(F)F. The summed E-state index contributed by atoms with van der Waals surface area (Å²) in [5, 5.41) is 2.94. The van der Waals surface area contributed by atoms with Crippen LogP contribution in [-0.4, -0.2) is 26.8 Å². The van der Waals surface area contributed by atoms with Crippen LogP contribution in [0.25, 0.3) is 0 Å². The molecule has 2 nitrogen and oxygen atoms in total. The Hall–Kier alpha value is -1.14. The molecule has 1 aromatic carbocycles. The van der Waals surface area contributed by atoms with Crippen LogP contribution in [-0.2, 0) is 17.3 Å². The first-order valence-corrected chi connectivity index (χ1v) is 5.50. The van der Waals surface area contributed by atoms with Gasteiger partial charge in [0.2, 0.25) is 0 Å². The fourth-order valence-electron chi connectivity index (χ4n) is 1.55. The van der Waals surface area contributed by atoms with Gasteiger partial charge < -0.3 is 10.1 Å². The van der Waals surface area contributed by atoms with E-state index in [2.05, 4.69) is 5.32 Å². The monoisotopic (exact) mass is 265 g/mol. The summed E-state index contributed by atoms with van der Waals surface area (Å²) in [6.45, 7) is 1.45. The number of hydrogen-bond acceptors (Lipinski definition) is 2. The average molecular weight is 265 g/mol. The number of alkyl halides is 3. The quantitative estimate of drug-likeness (QED) is 0.630. The molecule has 0 atom stereocenters. The third-order valence-electron chi connectivity index (χ3n) is 2.43. The predicted octanol–water partition coefficient (Wildman–Crippen LogP) is 2.62. The van der Waals surface area contributed by atoms with Gasteiger partial charge in [0.1, 0.15) is 5.82 Å². The van der Waals surface area contributed by atoms with Gasteiger partial charge in [-0.3, -0.25) is 0 Å². The van der Waals surface area contributed by atoms with Gasteiger partial charge in [-0.05, 0) is 30.7 Å². The molecule has 0 heterocycles. The van der Waals surface area contributed by atoms with E-state index < -0.39 is 17.6 Å². The smallest absolute Gasteiger partial charge is 0.383 e. The molecule has 1 rings (SSSR count). The summed E-state index contributed by atoms with van der Waals surface area (Å²) in [6.07, 6.45) is -4.33. The molecule has 102 valence electrons. The van der Waals surface area contributed by atoms with E-state index in [1.54, 1.807) is 7.11 Å². The van der Waals surface area contributed by atoms with Gasteiger partial charge in [0.15, 0.2) is 0 Å². The van der Waals surface area contributed by atoms with Crippen LogP contribution in [0, 0.1) is 5.82 Å². The van der Waals surface area contributed by atoms with E-state index in [9.17, 15) is 17.6 Å². The molecule has 1 aromatic rings. The van der Waals surface area contributed by atoms with Crippen molar-refractivity contribution in [2.24, 2.45) is 0 Å². The molecule has 0 aliphatic rings. The van der Waals surface area contributed by atoms with E-state index in [0.29, 0.717) is 25.8 Å². The van der Waals surface area contributed by atoms with Gasteiger partial charge in [-0.15, -0.1) is 0 Å². The fourth-order valence-corrected chi connectivity index (χ4v) is 1.55. The van der Waals surface area contributed by atoms with Gasteiger partial charge >= 0.3 is 6.18 Å². The number of halogens is 4. The van der Waals surface area contributed by atoms with Crippen molar-refractivity contribution >= 4 is 0 Å². The summed E-state index contributed by atoms with van der Waals surface area (Å²) in [5.74, 6) is -0.876. The van der Waals surface area contributed by atoms with Crippen molar-refractivity contribution in [3.8, 4) is 0 Å². The largest absolute Gasteiger partial charge is 0.416 e. The standard InChI is InChI=1S/C12H15F4NO/c1-18-7-6-17-5-4-9-2-3-10(13)8-11(9)12(14,15)16/h2-3,8,17H,4-7H2,1H3. The molecule has 0 fully saturated rings. The lowest BCUT2D eigenvalue weighted by atomic mass is 10.0. The Morgan fingerprint density at radius 1 is 1.22 bits per heavy atom. The highest BCUT2D eigenvalue weighted by Crippen LogP contribution is 2.32. The summed E-state index contributed by atoms with van der Waals surface area (Å²) in [7, 11) is 1.55. The molecule has 0 saturated carbocycles. The highest BCUT2D eigenvalue weighted by atomic mass is 19.4. The molecular weight excluding hydrogens is 250 g/mol. The number of nitrogens with one attached hydrogen (secondary N) is 1. The molecule has 0 amide bonds. The first kappa shape index (κ1) is 14.9. The van der Waals surface area contributed by atoms with E-state index in [-0.39, 0.29) is 12.0 Å². The predicted molar refractivity (Wildman–Crippen MR) is 59.9 cm³/mol. The summed E-state index contributed by atoms with van der Waals surface area (Å²) in [5.41, 5.74) is -0.815. The van der Waals surface area contributed by atoms with Gasteiger partial charge in [0.25, 0.3) is 0 Å². The minimum absolute atomic E-state index is 0.0915. The molecule has 0 aliphatic heterocycles. The van der Waals surface area contributed by atoms with Crippen LogP contribution < -0.4 is 5.32 Å². The lowest BCUT2D eigenvalue weighted by Gasteiger charge is -2.13. The molecule has 0 aliphatic carbocycles. The van der Waals surface area contributed by atoms with Crippen molar-refractivity contribution in [1.29, 1.82) is 0 Å². The van der Waals surface area contributed by atoms with Crippen LogP contribution in [0.1, 0.15) is 11.1 Å². The summed E-state index contributed by atoms with van der Waals surface area (Å²) >= 11 is 0. The van der Waals surface area contributed by atoms with Crippen LogP contribution >= 0.6 is 0 Å². The Morgan fingerprint density at radius 2 is 1.94 bits per heavy atom. The molecule has 0 unspecified atom stereocenters. The molecule has 0 spiro atoms. The van der Waals surface area contributed by atoms with Crippen LogP contribution in [0.4, 0.5) is 17.6 Å². The second kappa shape index (κ2) is 6.70. The number of hydrogen-bond donors (Lipinski definition) is 1. The summed E-state index contributed by atoms with van der Waals surface area (Å²) in [6, 6.07) is 2.75. The van der Waals surface area contributed by atoms with Gasteiger partial charge in [-0.1, -0.05) is 6.07 Å². The second-order valence-corrected chi connectivity index (χ2v) is 3.79. The van der Waals surface area contributed by atoms with Crippen molar-refractivity contribution in [3.05, 3.63) is 35.1 Å². The highest BCUT2D eigenvalue weighted by Gasteiger charge is 2.33. The Morgan fingerprint density at radius 3 is 2.56 bits per heavy atom. The number of rotatable bonds is 6. The van der Waals surface area contributed by atoms with Crippen molar-refractivity contribution in [1.82, 2.24) is 5.32 Å². The maximum atomic E-state index is 12.8. The first-order valence-electron chi connectivity index (χ1n) is 5.50. The van der Waals surface area contributed by atoms with Gasteiger partial charge in [0.05, 0.1) is 12.2 Å². The van der Waals surface area contributed by atoms with Crippen LogP contribution in [0.2, 0.25) is 0 Å². The van der Waals surface area contributed by atoms with E-state index in [1.165, 1.54) is 6.07 Å². The van der Waals surface area contributed by atoms with Gasteiger partial charge in [0, 0.05) is 13.7 Å². The maximum absolute atomic E-state index is 12.8. The number of ether oxygens (including phenoxy) is 1. The first-order chi connectivity index (χ1) is 8.45. The molecule has 6 heteroatoms. The van der Waals surface area contributed by atoms with E-state index in [1.807, 2.05) is 0 Å². The van der Waals surface area contributed by atoms with E-state index in [4.69, 9.17) is 4.74 Å². The summed E-state index contributed by atoms with van der Waals surface area (Å²) < 4.78 is 55.6. The minimum Gasteiger partial charge on any atom is -0.383 e.